The van der Waals surface area contributed by atoms with Gasteiger partial charge in [-0.3, -0.25) is 4.79 Å². The van der Waals surface area contributed by atoms with Gasteiger partial charge in [-0.2, -0.15) is 0 Å². The molecule has 2 aromatic carbocycles. The Labute approximate surface area is 149 Å². The molecule has 5 heteroatoms. The molecule has 0 aliphatic carbocycles. The third kappa shape index (κ3) is 3.46. The number of benzene rings is 2. The molecule has 25 heavy (non-hydrogen) atoms. The van der Waals surface area contributed by atoms with Crippen LogP contribution in [-0.2, 0) is 4.79 Å². The molecule has 0 aliphatic rings. The van der Waals surface area contributed by atoms with Crippen molar-refractivity contribution in [3.8, 4) is 21.6 Å². The number of hydrogen-bond donors (Lipinski definition) is 1. The molecule has 1 heterocycles. The van der Waals surface area contributed by atoms with Gasteiger partial charge in [0.2, 0.25) is 5.91 Å². The van der Waals surface area contributed by atoms with E-state index in [0.29, 0.717) is 10.6 Å². The second kappa shape index (κ2) is 7.32. The van der Waals surface area contributed by atoms with E-state index in [0.717, 1.165) is 16.0 Å². The zero-order valence-electron chi connectivity index (χ0n) is 13.6. The zero-order valence-corrected chi connectivity index (χ0v) is 14.4. The van der Waals surface area contributed by atoms with Crippen molar-refractivity contribution in [3.05, 3.63) is 66.2 Å². The highest BCUT2D eigenvalue weighted by atomic mass is 32.1. The lowest BCUT2D eigenvalue weighted by Gasteiger charge is -2.10. The van der Waals surface area contributed by atoms with Crippen LogP contribution in [0, 0.1) is 0 Å². The first-order valence-electron chi connectivity index (χ1n) is 7.90. The fourth-order valence-electron chi connectivity index (χ4n) is 2.60. The third-order valence-corrected chi connectivity index (χ3v) is 4.94. The minimum absolute atomic E-state index is 0.0249. The third-order valence-electron chi connectivity index (χ3n) is 3.78. The van der Waals surface area contributed by atoms with Crippen molar-refractivity contribution in [2.24, 2.45) is 0 Å². The number of carboxylic acids is 1. The molecular formula is C20H16NO3S-. The van der Waals surface area contributed by atoms with Gasteiger partial charge in [0.25, 0.3) is 0 Å². The van der Waals surface area contributed by atoms with Gasteiger partial charge in [0.05, 0.1) is 5.97 Å². The van der Waals surface area contributed by atoms with E-state index in [2.05, 4.69) is 5.32 Å². The summed E-state index contributed by atoms with van der Waals surface area (Å²) >= 11 is 1.25. The van der Waals surface area contributed by atoms with Crippen LogP contribution in [0.5, 0.6) is 0 Å². The number of hydrogen-bond acceptors (Lipinski definition) is 4. The summed E-state index contributed by atoms with van der Waals surface area (Å²) in [6, 6.07) is 18.8. The van der Waals surface area contributed by atoms with Gasteiger partial charge < -0.3 is 15.2 Å². The molecule has 0 unspecified atom stereocenters. The van der Waals surface area contributed by atoms with E-state index in [4.69, 9.17) is 0 Å². The van der Waals surface area contributed by atoms with Gasteiger partial charge in [0.1, 0.15) is 5.00 Å². The number of carbonyl (C=O) groups excluding carboxylic acids is 2. The van der Waals surface area contributed by atoms with Crippen LogP contribution >= 0.6 is 11.3 Å². The Hall–Kier alpha value is -2.92. The van der Waals surface area contributed by atoms with Crippen molar-refractivity contribution >= 4 is 28.2 Å². The second-order valence-electron chi connectivity index (χ2n) is 5.43. The molecule has 4 nitrogen and oxygen atoms in total. The van der Waals surface area contributed by atoms with E-state index >= 15 is 0 Å². The number of carboxylic acid groups (broad SMARTS) is 1. The molecule has 0 saturated carbocycles. The van der Waals surface area contributed by atoms with Gasteiger partial charge in [-0.1, -0.05) is 67.6 Å². The molecule has 3 aromatic rings. The molecule has 1 amide bonds. The summed E-state index contributed by atoms with van der Waals surface area (Å²) in [6.45, 7) is 1.72. The molecule has 0 aliphatic heterocycles. The van der Waals surface area contributed by atoms with Crippen LogP contribution in [0.4, 0.5) is 5.00 Å². The monoisotopic (exact) mass is 350 g/mol. The molecule has 1 N–H and O–H groups in total. The predicted octanol–water partition coefficient (Wildman–Crippen LogP) is 3.79. The number of carbonyl (C=O) groups is 2. The molecule has 0 fully saturated rings. The molecule has 0 spiro atoms. The van der Waals surface area contributed by atoms with Crippen molar-refractivity contribution < 1.29 is 14.7 Å². The number of aromatic carboxylic acids is 1. The van der Waals surface area contributed by atoms with Crippen LogP contribution in [0.15, 0.2) is 60.7 Å². The first kappa shape index (κ1) is 16.9. The largest absolute Gasteiger partial charge is 0.545 e. The smallest absolute Gasteiger partial charge is 0.224 e. The summed E-state index contributed by atoms with van der Waals surface area (Å²) in [7, 11) is 0. The van der Waals surface area contributed by atoms with Crippen molar-refractivity contribution in [2.45, 2.75) is 13.3 Å². The SMILES string of the molecule is CCC(=O)Nc1sc(-c2ccccc2)c(-c2ccccc2)c1C(=O)[O-]. The summed E-state index contributed by atoms with van der Waals surface area (Å²) in [5.74, 6) is -1.54. The summed E-state index contributed by atoms with van der Waals surface area (Å²) < 4.78 is 0. The Morgan fingerprint density at radius 1 is 0.960 bits per heavy atom. The topological polar surface area (TPSA) is 69.2 Å². The van der Waals surface area contributed by atoms with Crippen LogP contribution in [-0.4, -0.2) is 11.9 Å². The summed E-state index contributed by atoms with van der Waals surface area (Å²) in [4.78, 5) is 24.5. The van der Waals surface area contributed by atoms with Crippen molar-refractivity contribution in [1.29, 1.82) is 0 Å². The summed E-state index contributed by atoms with van der Waals surface area (Å²) in [5, 5.41) is 14.9. The normalized spacial score (nSPS) is 10.4. The van der Waals surface area contributed by atoms with Gasteiger partial charge in [0, 0.05) is 22.4 Å². The van der Waals surface area contributed by atoms with E-state index in [1.54, 1.807) is 6.92 Å². The Balaban J connectivity index is 2.28. The maximum atomic E-state index is 11.9. The highest BCUT2D eigenvalue weighted by Gasteiger charge is 2.22. The van der Waals surface area contributed by atoms with Gasteiger partial charge in [-0.15, -0.1) is 11.3 Å². The Morgan fingerprint density at radius 2 is 1.52 bits per heavy atom. The maximum absolute atomic E-state index is 11.9. The van der Waals surface area contributed by atoms with Crippen LogP contribution in [0.1, 0.15) is 23.7 Å². The molecule has 0 radical (unpaired) electrons. The van der Waals surface area contributed by atoms with Crippen LogP contribution in [0.3, 0.4) is 0 Å². The Bertz CT molecular complexity index is 901. The predicted molar refractivity (Wildman–Crippen MR) is 98.4 cm³/mol. The lowest BCUT2D eigenvalue weighted by Crippen LogP contribution is -2.24. The number of amides is 1. The minimum Gasteiger partial charge on any atom is -0.545 e. The Morgan fingerprint density at radius 3 is 2.04 bits per heavy atom. The fraction of sp³-hybridized carbons (Fsp3) is 0.100. The number of nitrogens with one attached hydrogen (secondary N) is 1. The van der Waals surface area contributed by atoms with Crippen molar-refractivity contribution in [2.75, 3.05) is 5.32 Å². The number of thiophene rings is 1. The van der Waals surface area contributed by atoms with E-state index in [1.807, 2.05) is 60.7 Å². The van der Waals surface area contributed by atoms with Crippen molar-refractivity contribution in [3.63, 3.8) is 0 Å². The highest BCUT2D eigenvalue weighted by molar-refractivity contribution is 7.20. The lowest BCUT2D eigenvalue weighted by molar-refractivity contribution is -0.254. The van der Waals surface area contributed by atoms with Crippen LogP contribution in [0.2, 0.25) is 0 Å². The minimum atomic E-state index is -1.30. The standard InChI is InChI=1S/C20H17NO3S/c1-2-15(22)21-19-17(20(23)24)16(13-9-5-3-6-10-13)18(25-19)14-11-7-4-8-12-14/h3-12H,2H2,1H3,(H,21,22)(H,23,24)/p-1. The van der Waals surface area contributed by atoms with Crippen LogP contribution < -0.4 is 10.4 Å². The van der Waals surface area contributed by atoms with Gasteiger partial charge in [-0.25, -0.2) is 0 Å². The molecular weight excluding hydrogens is 334 g/mol. The molecule has 0 bridgehead atoms. The fourth-order valence-corrected chi connectivity index (χ4v) is 3.83. The first-order valence-corrected chi connectivity index (χ1v) is 8.72. The van der Waals surface area contributed by atoms with E-state index in [9.17, 15) is 14.7 Å². The lowest BCUT2D eigenvalue weighted by atomic mass is 9.98. The maximum Gasteiger partial charge on any atom is 0.224 e. The van der Waals surface area contributed by atoms with Gasteiger partial charge >= 0.3 is 0 Å². The van der Waals surface area contributed by atoms with Crippen molar-refractivity contribution in [1.82, 2.24) is 0 Å². The summed E-state index contributed by atoms with van der Waals surface area (Å²) in [5.41, 5.74) is 2.26. The summed E-state index contributed by atoms with van der Waals surface area (Å²) in [6.07, 6.45) is 0.270. The molecule has 1 aromatic heterocycles. The van der Waals surface area contributed by atoms with E-state index < -0.39 is 5.97 Å². The zero-order chi connectivity index (χ0) is 17.8. The van der Waals surface area contributed by atoms with Crippen LogP contribution in [0.25, 0.3) is 21.6 Å². The van der Waals surface area contributed by atoms with Gasteiger partial charge in [0.15, 0.2) is 0 Å². The number of rotatable bonds is 5. The highest BCUT2D eigenvalue weighted by Crippen LogP contribution is 2.45. The average molecular weight is 350 g/mol. The quantitative estimate of drug-likeness (QED) is 0.761. The second-order valence-corrected chi connectivity index (χ2v) is 6.45. The molecule has 0 atom stereocenters. The van der Waals surface area contributed by atoms with Gasteiger partial charge in [-0.05, 0) is 11.1 Å². The average Bonchev–Trinajstić information content (AvgIpc) is 3.02. The van der Waals surface area contributed by atoms with E-state index in [1.165, 1.54) is 11.3 Å². The Kier molecular flexibility index (Phi) is 4.95. The number of anilines is 1. The first-order chi connectivity index (χ1) is 12.1. The molecule has 3 rings (SSSR count). The molecule has 126 valence electrons. The van der Waals surface area contributed by atoms with E-state index in [-0.39, 0.29) is 17.9 Å². The molecule has 0 saturated heterocycles.